The Morgan fingerprint density at radius 1 is 1.36 bits per heavy atom. The Hall–Kier alpha value is -1.49. The van der Waals surface area contributed by atoms with Crippen LogP contribution in [0.1, 0.15) is 36.4 Å². The highest BCUT2D eigenvalue weighted by Gasteiger charge is 2.45. The van der Waals surface area contributed by atoms with Crippen molar-refractivity contribution < 1.29 is 26.4 Å². The maximum atomic E-state index is 12.9. The number of nitrogens with one attached hydrogen (secondary N) is 2. The Labute approximate surface area is 162 Å². The number of carbonyl (C=O) groups is 1. The maximum absolute atomic E-state index is 12.9. The van der Waals surface area contributed by atoms with E-state index in [4.69, 9.17) is 0 Å². The van der Waals surface area contributed by atoms with E-state index in [-0.39, 0.29) is 23.5 Å². The van der Waals surface area contributed by atoms with E-state index in [0.717, 1.165) is 19.4 Å². The van der Waals surface area contributed by atoms with E-state index in [1.165, 1.54) is 18.2 Å². The third-order valence-electron chi connectivity index (χ3n) is 5.46. The monoisotopic (exact) mass is 419 g/mol. The summed E-state index contributed by atoms with van der Waals surface area (Å²) >= 11 is 0. The highest BCUT2D eigenvalue weighted by atomic mass is 32.2. The second-order valence-electron chi connectivity index (χ2n) is 7.32. The predicted molar refractivity (Wildman–Crippen MR) is 97.4 cm³/mol. The number of rotatable bonds is 6. The van der Waals surface area contributed by atoms with Crippen LogP contribution in [0.4, 0.5) is 13.2 Å². The summed E-state index contributed by atoms with van der Waals surface area (Å²) in [5.74, 6) is -1.92. The molecule has 28 heavy (non-hydrogen) atoms. The molecule has 0 radical (unpaired) electrons. The Kier molecular flexibility index (Phi) is 6.14. The molecule has 1 aromatic carbocycles. The van der Waals surface area contributed by atoms with Crippen LogP contribution in [0.2, 0.25) is 0 Å². The van der Waals surface area contributed by atoms with Gasteiger partial charge in [0.15, 0.2) is 0 Å². The van der Waals surface area contributed by atoms with E-state index >= 15 is 0 Å². The van der Waals surface area contributed by atoms with E-state index in [2.05, 4.69) is 14.9 Å². The van der Waals surface area contributed by atoms with Crippen molar-refractivity contribution in [1.29, 1.82) is 0 Å². The molecule has 2 N–H and O–H groups in total. The first-order chi connectivity index (χ1) is 13.1. The lowest BCUT2D eigenvalue weighted by Crippen LogP contribution is -2.41. The molecule has 2 aliphatic rings. The molecule has 1 saturated heterocycles. The third-order valence-corrected chi connectivity index (χ3v) is 6.92. The van der Waals surface area contributed by atoms with Crippen molar-refractivity contribution in [2.24, 2.45) is 0 Å². The fourth-order valence-electron chi connectivity index (χ4n) is 3.88. The molecule has 6 nitrogen and oxygen atoms in total. The lowest BCUT2D eigenvalue weighted by atomic mass is 9.92. The first-order valence-electron chi connectivity index (χ1n) is 9.27. The molecule has 10 heteroatoms. The minimum absolute atomic E-state index is 0.0759. The van der Waals surface area contributed by atoms with Crippen molar-refractivity contribution >= 4 is 15.8 Å². The van der Waals surface area contributed by atoms with Gasteiger partial charge in [0, 0.05) is 19.1 Å². The number of nitrogens with zero attached hydrogens (tertiary/aromatic N) is 1. The molecule has 2 aliphatic heterocycles. The first kappa shape index (κ1) is 21.2. The van der Waals surface area contributed by atoms with Gasteiger partial charge in [-0.1, -0.05) is 6.07 Å². The van der Waals surface area contributed by atoms with Crippen molar-refractivity contribution in [2.75, 3.05) is 26.7 Å². The van der Waals surface area contributed by atoms with Gasteiger partial charge in [-0.3, -0.25) is 4.79 Å². The van der Waals surface area contributed by atoms with Crippen molar-refractivity contribution in [3.8, 4) is 0 Å². The molecule has 3 rings (SSSR count). The minimum Gasteiger partial charge on any atom is -0.303 e. The number of ketones is 1. The van der Waals surface area contributed by atoms with Crippen LogP contribution in [-0.4, -0.2) is 58.0 Å². The molecule has 1 unspecified atom stereocenters. The molecule has 0 bridgehead atoms. The van der Waals surface area contributed by atoms with Gasteiger partial charge in [0.2, 0.25) is 10.0 Å². The Balaban J connectivity index is 1.76. The molecule has 0 saturated carbocycles. The smallest absolute Gasteiger partial charge is 0.303 e. The van der Waals surface area contributed by atoms with Crippen molar-refractivity contribution in [2.45, 2.75) is 48.8 Å². The normalized spacial score (nSPS) is 23.6. The van der Waals surface area contributed by atoms with Crippen LogP contribution in [0.5, 0.6) is 0 Å². The van der Waals surface area contributed by atoms with Gasteiger partial charge in [0.05, 0.1) is 4.90 Å². The zero-order chi connectivity index (χ0) is 20.5. The topological polar surface area (TPSA) is 78.5 Å². The Morgan fingerprint density at radius 3 is 2.75 bits per heavy atom. The fraction of sp³-hybridized carbons (Fsp3) is 0.611. The average molecular weight is 419 g/mol. The van der Waals surface area contributed by atoms with Gasteiger partial charge in [-0.2, -0.15) is 13.2 Å². The van der Waals surface area contributed by atoms with Gasteiger partial charge >= 0.3 is 6.18 Å². The number of alkyl halides is 3. The van der Waals surface area contributed by atoms with Crippen molar-refractivity contribution in [3.63, 3.8) is 0 Å². The van der Waals surface area contributed by atoms with E-state index in [9.17, 15) is 26.4 Å². The number of carbonyl (C=O) groups excluding carboxylic acids is 1. The number of benzene rings is 1. The summed E-state index contributed by atoms with van der Waals surface area (Å²) in [6.07, 6.45) is -1.80. The van der Waals surface area contributed by atoms with Gasteiger partial charge in [0.1, 0.15) is 6.04 Å². The number of halogens is 3. The second-order valence-corrected chi connectivity index (χ2v) is 9.09. The number of fused-ring (bicyclic) bond motifs is 1. The third kappa shape index (κ3) is 4.56. The number of hydrogen-bond acceptors (Lipinski definition) is 5. The molecule has 0 spiro atoms. The Bertz CT molecular complexity index is 842. The maximum Gasteiger partial charge on any atom is 0.452 e. The molecule has 1 fully saturated rings. The summed E-state index contributed by atoms with van der Waals surface area (Å²) in [6.45, 7) is 1.46. The number of sulfonamides is 1. The van der Waals surface area contributed by atoms with Crippen LogP contribution in [0.15, 0.2) is 23.1 Å². The van der Waals surface area contributed by atoms with Crippen molar-refractivity contribution in [1.82, 2.24) is 14.9 Å². The van der Waals surface area contributed by atoms with E-state index in [0.29, 0.717) is 24.4 Å². The van der Waals surface area contributed by atoms with Gasteiger partial charge in [-0.05, 0) is 62.5 Å². The largest absolute Gasteiger partial charge is 0.452 e. The summed E-state index contributed by atoms with van der Waals surface area (Å²) in [5, 5.41) is 2.56. The van der Waals surface area contributed by atoms with Crippen LogP contribution in [0.25, 0.3) is 0 Å². The molecule has 0 aromatic heterocycles. The highest BCUT2D eigenvalue weighted by molar-refractivity contribution is 7.89. The fourth-order valence-corrected chi connectivity index (χ4v) is 4.97. The summed E-state index contributed by atoms with van der Waals surface area (Å²) < 4.78 is 66.4. The predicted octanol–water partition coefficient (Wildman–Crippen LogP) is 1.77. The molecule has 0 aliphatic carbocycles. The van der Waals surface area contributed by atoms with Crippen molar-refractivity contribution in [3.05, 3.63) is 29.3 Å². The van der Waals surface area contributed by atoms with Crippen LogP contribution >= 0.6 is 0 Å². The molecule has 156 valence electrons. The molecule has 0 amide bonds. The molecule has 1 aromatic rings. The zero-order valence-electron chi connectivity index (χ0n) is 15.6. The van der Waals surface area contributed by atoms with E-state index < -0.39 is 28.0 Å². The number of hydrogen-bond donors (Lipinski definition) is 2. The lowest BCUT2D eigenvalue weighted by Gasteiger charge is -2.27. The summed E-state index contributed by atoms with van der Waals surface area (Å²) in [5.41, 5.74) is 0.625. The van der Waals surface area contributed by atoms with Gasteiger partial charge in [0.25, 0.3) is 5.78 Å². The standard InChI is InChI=1S/C18H24F3N3O3S/c1-24-10-2-3-13(24)7-9-23-28(26,27)14-5-4-12-6-8-22-16(15(12)11-14)17(25)18(19,20)21/h4-5,11,13,16,22-23H,2-3,6-10H2,1H3/t13-,16?/m0/s1. The summed E-state index contributed by atoms with van der Waals surface area (Å²) in [6, 6.07) is 2.80. The quantitative estimate of drug-likeness (QED) is 0.735. The summed E-state index contributed by atoms with van der Waals surface area (Å²) in [7, 11) is -1.88. The zero-order valence-corrected chi connectivity index (χ0v) is 16.4. The summed E-state index contributed by atoms with van der Waals surface area (Å²) in [4.78, 5) is 13.8. The SMILES string of the molecule is CN1CCC[C@H]1CCNS(=O)(=O)c1ccc2c(c1)C(C(=O)C(F)(F)F)NCC2. The minimum atomic E-state index is -4.99. The van der Waals surface area contributed by atoms with Gasteiger partial charge in [-0.25, -0.2) is 13.1 Å². The molecule has 2 heterocycles. The average Bonchev–Trinajstić information content (AvgIpc) is 3.04. The first-order valence-corrected chi connectivity index (χ1v) is 10.7. The lowest BCUT2D eigenvalue weighted by molar-refractivity contribution is -0.173. The van der Waals surface area contributed by atoms with Crippen LogP contribution in [0, 0.1) is 0 Å². The van der Waals surface area contributed by atoms with E-state index in [1.54, 1.807) is 0 Å². The van der Waals surface area contributed by atoms with E-state index in [1.807, 2.05) is 7.05 Å². The van der Waals surface area contributed by atoms with Crippen LogP contribution < -0.4 is 10.0 Å². The van der Waals surface area contributed by atoms with Crippen LogP contribution in [0.3, 0.4) is 0 Å². The number of Topliss-reactive ketones (excluding diaryl/α,β-unsaturated/α-hetero) is 1. The second kappa shape index (κ2) is 8.10. The molecular formula is C18H24F3N3O3S. The molecular weight excluding hydrogens is 395 g/mol. The highest BCUT2D eigenvalue weighted by Crippen LogP contribution is 2.31. The van der Waals surface area contributed by atoms with Gasteiger partial charge < -0.3 is 10.2 Å². The Morgan fingerprint density at radius 2 is 2.11 bits per heavy atom. The van der Waals surface area contributed by atoms with Crippen LogP contribution in [-0.2, 0) is 21.2 Å². The molecule has 2 atom stereocenters. The number of likely N-dealkylation sites (tertiary alicyclic amines) is 1. The van der Waals surface area contributed by atoms with Gasteiger partial charge in [-0.15, -0.1) is 0 Å².